The van der Waals surface area contributed by atoms with Crippen LogP contribution >= 0.6 is 11.3 Å². The molecule has 3 aromatic carbocycles. The number of hydrogen-bond acceptors (Lipinski definition) is 9. The van der Waals surface area contributed by atoms with E-state index in [-0.39, 0.29) is 54.1 Å². The third kappa shape index (κ3) is 8.55. The number of nitrogens with one attached hydrogen (secondary N) is 2. The largest absolute Gasteiger partial charge is 0.391 e. The lowest BCUT2D eigenvalue weighted by molar-refractivity contribution is -0.144. The highest BCUT2D eigenvalue weighted by molar-refractivity contribution is 7.13. The summed E-state index contributed by atoms with van der Waals surface area (Å²) >= 11 is 1.59. The molecule has 0 radical (unpaired) electrons. The van der Waals surface area contributed by atoms with Crippen molar-refractivity contribution in [2.24, 2.45) is 5.41 Å². The number of fused-ring (bicyclic) bond motifs is 7. The Morgan fingerprint density at radius 2 is 1.71 bits per heavy atom. The van der Waals surface area contributed by atoms with Crippen molar-refractivity contribution in [1.82, 2.24) is 35.0 Å². The second-order valence-corrected chi connectivity index (χ2v) is 21.1. The lowest BCUT2D eigenvalue weighted by atomic mass is 9.69. The number of carbonyl (C=O) groups excluding carboxylic acids is 3. The van der Waals surface area contributed by atoms with Gasteiger partial charge in [0.1, 0.15) is 17.9 Å². The van der Waals surface area contributed by atoms with Gasteiger partial charge in [-0.1, -0.05) is 88.6 Å². The molecule has 1 saturated carbocycles. The molecule has 0 bridgehead atoms. The molecule has 65 heavy (non-hydrogen) atoms. The van der Waals surface area contributed by atoms with E-state index in [9.17, 15) is 24.3 Å². The molecule has 4 atom stereocenters. The molecule has 2 saturated heterocycles. The van der Waals surface area contributed by atoms with Gasteiger partial charge in [0.15, 0.2) is 0 Å². The molecule has 3 fully saturated rings. The van der Waals surface area contributed by atoms with Crippen LogP contribution in [0.15, 0.2) is 71.0 Å². The Labute approximate surface area is 385 Å². The number of β-amino-alcohol motifs (C(OH)–C–C–N with tert-alkyl or cyclic N) is 1. The summed E-state index contributed by atoms with van der Waals surface area (Å²) in [5.41, 5.74) is 9.47. The summed E-state index contributed by atoms with van der Waals surface area (Å²) in [6, 6.07) is 19.0. The number of amides is 3. The molecular formula is C52H63N7O5S. The van der Waals surface area contributed by atoms with Crippen LogP contribution < -0.4 is 16.2 Å². The summed E-state index contributed by atoms with van der Waals surface area (Å²) in [4.78, 5) is 69.3. The van der Waals surface area contributed by atoms with Crippen molar-refractivity contribution in [1.29, 1.82) is 0 Å². The first kappa shape index (κ1) is 44.9. The van der Waals surface area contributed by atoms with Crippen LogP contribution in [-0.4, -0.2) is 91.5 Å². The molecule has 0 unspecified atom stereocenters. The van der Waals surface area contributed by atoms with Crippen molar-refractivity contribution in [3.8, 4) is 16.1 Å². The number of likely N-dealkylation sites (tertiary alicyclic amines) is 2. The molecule has 1 spiro atoms. The highest BCUT2D eigenvalue weighted by atomic mass is 32.1. The Hall–Kier alpha value is -5.24. The van der Waals surface area contributed by atoms with Gasteiger partial charge in [0.25, 0.3) is 5.56 Å². The molecule has 13 heteroatoms. The monoisotopic (exact) mass is 897 g/mol. The fourth-order valence-electron chi connectivity index (χ4n) is 11.2. The van der Waals surface area contributed by atoms with Crippen LogP contribution in [-0.2, 0) is 19.8 Å². The zero-order valence-corrected chi connectivity index (χ0v) is 39.5. The van der Waals surface area contributed by atoms with E-state index < -0.39 is 23.6 Å². The fraction of sp³-hybridized carbons (Fsp3) is 0.500. The average molecular weight is 898 g/mol. The fourth-order valence-corrected chi connectivity index (χ4v) is 12.0. The number of aryl methyl sites for hydroxylation is 2. The molecule has 3 amide bonds. The van der Waals surface area contributed by atoms with Crippen molar-refractivity contribution < 1.29 is 19.5 Å². The van der Waals surface area contributed by atoms with E-state index in [1.54, 1.807) is 11.3 Å². The van der Waals surface area contributed by atoms with Crippen LogP contribution in [0.1, 0.15) is 131 Å². The molecule has 3 aliphatic heterocycles. The molecule has 5 aromatic rings. The summed E-state index contributed by atoms with van der Waals surface area (Å²) in [5, 5.41) is 17.6. The zero-order chi connectivity index (χ0) is 45.8. The van der Waals surface area contributed by atoms with E-state index in [2.05, 4.69) is 49.4 Å². The van der Waals surface area contributed by atoms with Gasteiger partial charge in [-0.25, -0.2) is 4.98 Å². The van der Waals surface area contributed by atoms with Crippen molar-refractivity contribution >= 4 is 40.0 Å². The highest BCUT2D eigenvalue weighted by Gasteiger charge is 2.47. The number of thiazole rings is 1. The van der Waals surface area contributed by atoms with Crippen LogP contribution in [0.4, 0.5) is 0 Å². The van der Waals surface area contributed by atoms with Crippen LogP contribution in [0.3, 0.4) is 0 Å². The number of piperidine rings is 1. The van der Waals surface area contributed by atoms with Gasteiger partial charge in [0.2, 0.25) is 17.7 Å². The maximum absolute atomic E-state index is 14.3. The molecule has 3 N–H and O–H groups in total. The maximum Gasteiger partial charge on any atom is 0.281 e. The van der Waals surface area contributed by atoms with E-state index in [1.165, 1.54) is 22.4 Å². The SMILES string of the molecule is Cc1ncsc1-c1ccc([C@H](C)NC(=O)[C@@H]2C[C@@H](O)CN2C(=O)[C@@H](NC(=O)CCN2CCC(c3ccc4c(c3)C3(CCCCC3)c3nc(=O)c5c(C)cccc5n3-4)CC2)C(C)(C)C)cc1. The molecule has 1 aliphatic carbocycles. The number of aliphatic hydroxyl groups excluding tert-OH is 1. The average Bonchev–Trinajstić information content (AvgIpc) is 3.98. The third-order valence-corrected chi connectivity index (χ3v) is 15.8. The van der Waals surface area contributed by atoms with Gasteiger partial charge in [0.05, 0.1) is 50.2 Å². The van der Waals surface area contributed by atoms with Crippen molar-refractivity contribution in [3.05, 3.63) is 110 Å². The van der Waals surface area contributed by atoms with Crippen LogP contribution in [0.25, 0.3) is 27.0 Å². The minimum atomic E-state index is -0.879. The van der Waals surface area contributed by atoms with E-state index in [0.717, 1.165) is 95.9 Å². The number of carbonyl (C=O) groups is 3. The molecule has 4 aliphatic rings. The summed E-state index contributed by atoms with van der Waals surface area (Å²) < 4.78 is 2.28. The Balaban J connectivity index is 0.816. The summed E-state index contributed by atoms with van der Waals surface area (Å²) in [6.45, 7) is 13.9. The summed E-state index contributed by atoms with van der Waals surface area (Å²) in [7, 11) is 0. The Morgan fingerprint density at radius 3 is 2.40 bits per heavy atom. The molecule has 2 aromatic heterocycles. The zero-order valence-electron chi connectivity index (χ0n) is 38.7. The number of benzene rings is 3. The van der Waals surface area contributed by atoms with E-state index in [4.69, 9.17) is 4.98 Å². The predicted octanol–water partition coefficient (Wildman–Crippen LogP) is 7.63. The molecule has 9 rings (SSSR count). The number of aromatic nitrogens is 3. The van der Waals surface area contributed by atoms with Gasteiger partial charge >= 0.3 is 0 Å². The highest BCUT2D eigenvalue weighted by Crippen LogP contribution is 2.52. The van der Waals surface area contributed by atoms with Gasteiger partial charge in [0, 0.05) is 25.9 Å². The van der Waals surface area contributed by atoms with Gasteiger partial charge in [-0.15, -0.1) is 11.3 Å². The number of aliphatic hydroxyl groups is 1. The van der Waals surface area contributed by atoms with E-state index in [0.29, 0.717) is 17.8 Å². The molecule has 12 nitrogen and oxygen atoms in total. The van der Waals surface area contributed by atoms with Gasteiger partial charge in [-0.3, -0.25) is 23.7 Å². The number of rotatable bonds is 10. The van der Waals surface area contributed by atoms with E-state index in [1.807, 2.05) is 83.5 Å². The molecule has 342 valence electrons. The maximum atomic E-state index is 14.3. The van der Waals surface area contributed by atoms with Crippen molar-refractivity contribution in [2.45, 2.75) is 135 Å². The van der Waals surface area contributed by atoms with Gasteiger partial charge < -0.3 is 25.5 Å². The number of nitrogens with zero attached hydrogens (tertiary/aromatic N) is 5. The van der Waals surface area contributed by atoms with Gasteiger partial charge in [-0.2, -0.15) is 4.98 Å². The molecular weight excluding hydrogens is 835 g/mol. The first-order chi connectivity index (χ1) is 31.1. The van der Waals surface area contributed by atoms with Gasteiger partial charge in [-0.05, 0) is 111 Å². The lowest BCUT2D eigenvalue weighted by Gasteiger charge is -2.36. The quantitative estimate of drug-likeness (QED) is 0.130. The number of hydrogen-bond donors (Lipinski definition) is 3. The van der Waals surface area contributed by atoms with Crippen LogP contribution in [0.2, 0.25) is 0 Å². The Morgan fingerprint density at radius 1 is 0.969 bits per heavy atom. The Kier molecular flexibility index (Phi) is 12.3. The summed E-state index contributed by atoms with van der Waals surface area (Å²) in [6.07, 6.45) is 6.89. The van der Waals surface area contributed by atoms with Crippen molar-refractivity contribution in [3.63, 3.8) is 0 Å². The van der Waals surface area contributed by atoms with Crippen LogP contribution in [0.5, 0.6) is 0 Å². The minimum Gasteiger partial charge on any atom is -0.391 e. The minimum absolute atomic E-state index is 0.0249. The topological polar surface area (TPSA) is 150 Å². The van der Waals surface area contributed by atoms with Crippen molar-refractivity contribution in [2.75, 3.05) is 26.2 Å². The van der Waals surface area contributed by atoms with E-state index >= 15 is 0 Å². The predicted molar refractivity (Wildman–Crippen MR) is 255 cm³/mol. The smallest absolute Gasteiger partial charge is 0.281 e. The van der Waals surface area contributed by atoms with Crippen LogP contribution in [0, 0.1) is 19.3 Å². The first-order valence-corrected chi connectivity index (χ1v) is 24.5. The Bertz CT molecular complexity index is 2670. The summed E-state index contributed by atoms with van der Waals surface area (Å²) in [5.74, 6) is 0.386. The standard InChI is InChI=1S/C52H63N7O5S/c1-31-11-10-12-41-44(31)48(63)56-50-52(22-8-7-9-23-52)39-27-37(17-18-40(39)59(41)50)35-19-24-57(25-20-35)26-21-43(61)55-46(51(4,5)6)49(64)58-29-38(60)28-42(58)47(62)54-32(2)34-13-15-36(16-14-34)45-33(3)53-30-65-45/h10-18,27,30,32,35,38,42,46,60H,7-9,19-26,28-29H2,1-6H3,(H,54,62)(H,55,61)/t32-,38+,42-,46+/m0/s1. The normalized spacial score (nSPS) is 20.7. The molecule has 5 heterocycles. The third-order valence-electron chi connectivity index (χ3n) is 14.8. The first-order valence-electron chi connectivity index (χ1n) is 23.6. The second-order valence-electron chi connectivity index (χ2n) is 20.2. The lowest BCUT2D eigenvalue weighted by Crippen LogP contribution is -2.58. The second kappa shape index (κ2) is 17.9.